The van der Waals surface area contributed by atoms with E-state index in [9.17, 15) is 13.2 Å². The highest BCUT2D eigenvalue weighted by molar-refractivity contribution is 9.10. The second kappa shape index (κ2) is 6.23. The molecule has 0 spiro atoms. The molecule has 0 radical (unpaired) electrons. The molecule has 21 heavy (non-hydrogen) atoms. The van der Waals surface area contributed by atoms with Gasteiger partial charge in [0.1, 0.15) is 4.60 Å². The van der Waals surface area contributed by atoms with Crippen molar-refractivity contribution in [3.63, 3.8) is 0 Å². The molecule has 0 saturated heterocycles. The summed E-state index contributed by atoms with van der Waals surface area (Å²) in [5, 5.41) is 2.70. The molecule has 0 atom stereocenters. The number of carbonyl (C=O) groups is 1. The molecular weight excluding hydrogens is 358 g/mol. The molecule has 2 aromatic rings. The maximum Gasteiger partial charge on any atom is 0.257 e. The first-order valence-electron chi connectivity index (χ1n) is 5.84. The molecule has 0 aliphatic rings. The van der Waals surface area contributed by atoms with Crippen LogP contribution in [0.1, 0.15) is 10.4 Å². The zero-order chi connectivity index (χ0) is 15.5. The highest BCUT2D eigenvalue weighted by Gasteiger charge is 2.07. The molecule has 2 N–H and O–H groups in total. The number of nitrogens with zero attached hydrogens (tertiary/aromatic N) is 1. The number of amides is 1. The maximum atomic E-state index is 12.0. The first-order valence-corrected chi connectivity index (χ1v) is 8.53. The molecule has 0 bridgehead atoms. The summed E-state index contributed by atoms with van der Waals surface area (Å²) in [6, 6.07) is 9.67. The third-order valence-corrected chi connectivity index (χ3v) is 3.51. The smallest absolute Gasteiger partial charge is 0.257 e. The van der Waals surface area contributed by atoms with Crippen molar-refractivity contribution in [2.24, 2.45) is 0 Å². The largest absolute Gasteiger partial charge is 0.322 e. The van der Waals surface area contributed by atoms with E-state index in [0.29, 0.717) is 21.5 Å². The number of carbonyl (C=O) groups excluding carboxylic acids is 1. The van der Waals surface area contributed by atoms with Crippen LogP contribution < -0.4 is 10.0 Å². The number of pyridine rings is 1. The minimum absolute atomic E-state index is 0.293. The molecule has 0 fully saturated rings. The molecular formula is C13H12BrN3O3S. The average molecular weight is 370 g/mol. The van der Waals surface area contributed by atoms with Crippen molar-refractivity contribution < 1.29 is 13.2 Å². The first kappa shape index (κ1) is 15.5. The van der Waals surface area contributed by atoms with Crippen LogP contribution in [0.4, 0.5) is 11.4 Å². The lowest BCUT2D eigenvalue weighted by atomic mass is 10.2. The van der Waals surface area contributed by atoms with E-state index in [1.807, 2.05) is 0 Å². The Hall–Kier alpha value is -1.93. The fraction of sp³-hybridized carbons (Fsp3) is 0.0769. The molecule has 0 unspecified atom stereocenters. The molecule has 1 amide bonds. The zero-order valence-corrected chi connectivity index (χ0v) is 13.4. The van der Waals surface area contributed by atoms with Crippen molar-refractivity contribution in [1.82, 2.24) is 4.98 Å². The standard InChI is InChI=1S/C13H12BrN3O3S/c1-21(19,20)17-11-5-3-10(4-6-11)16-13(18)9-2-7-12(14)15-8-9/h2-8,17H,1H3,(H,16,18). The van der Waals surface area contributed by atoms with E-state index < -0.39 is 10.0 Å². The summed E-state index contributed by atoms with van der Waals surface area (Å²) in [6.07, 6.45) is 2.53. The van der Waals surface area contributed by atoms with Crippen molar-refractivity contribution in [3.05, 3.63) is 52.8 Å². The Balaban J connectivity index is 2.06. The van der Waals surface area contributed by atoms with Gasteiger partial charge in [-0.1, -0.05) is 0 Å². The Bertz CT molecular complexity index is 743. The highest BCUT2D eigenvalue weighted by Crippen LogP contribution is 2.15. The second-order valence-electron chi connectivity index (χ2n) is 4.28. The van der Waals surface area contributed by atoms with Crippen LogP contribution in [0.15, 0.2) is 47.2 Å². The van der Waals surface area contributed by atoms with E-state index in [0.717, 1.165) is 6.26 Å². The average Bonchev–Trinajstić information content (AvgIpc) is 2.40. The summed E-state index contributed by atoms with van der Waals surface area (Å²) >= 11 is 3.19. The number of hydrogen-bond donors (Lipinski definition) is 2. The van der Waals surface area contributed by atoms with Gasteiger partial charge in [-0.3, -0.25) is 9.52 Å². The lowest BCUT2D eigenvalue weighted by Crippen LogP contribution is -2.12. The summed E-state index contributed by atoms with van der Waals surface area (Å²) < 4.78 is 25.2. The molecule has 6 nitrogen and oxygen atoms in total. The van der Waals surface area contributed by atoms with Gasteiger partial charge in [-0.25, -0.2) is 13.4 Å². The van der Waals surface area contributed by atoms with Crippen LogP contribution in [-0.2, 0) is 10.0 Å². The van der Waals surface area contributed by atoms with E-state index in [1.165, 1.54) is 6.20 Å². The summed E-state index contributed by atoms with van der Waals surface area (Å²) in [5.74, 6) is -0.293. The molecule has 0 aliphatic carbocycles. The van der Waals surface area contributed by atoms with Gasteiger partial charge in [-0.2, -0.15) is 0 Å². The van der Waals surface area contributed by atoms with Gasteiger partial charge in [0, 0.05) is 17.6 Å². The number of sulfonamides is 1. The summed E-state index contributed by atoms with van der Waals surface area (Å²) in [6.45, 7) is 0. The molecule has 0 saturated carbocycles. The van der Waals surface area contributed by atoms with Crippen molar-refractivity contribution in [2.45, 2.75) is 0 Å². The predicted molar refractivity (Wildman–Crippen MR) is 84.8 cm³/mol. The third-order valence-electron chi connectivity index (χ3n) is 2.44. The topological polar surface area (TPSA) is 88.2 Å². The molecule has 0 aliphatic heterocycles. The van der Waals surface area contributed by atoms with Crippen molar-refractivity contribution in [2.75, 3.05) is 16.3 Å². The number of rotatable bonds is 4. The Labute approximate surface area is 130 Å². The molecule has 1 aromatic heterocycles. The molecule has 110 valence electrons. The molecule has 1 aromatic carbocycles. The van der Waals surface area contributed by atoms with Crippen LogP contribution in [0.25, 0.3) is 0 Å². The van der Waals surface area contributed by atoms with Gasteiger partial charge in [-0.15, -0.1) is 0 Å². The van der Waals surface area contributed by atoms with Crippen molar-refractivity contribution in [1.29, 1.82) is 0 Å². The number of benzene rings is 1. The minimum Gasteiger partial charge on any atom is -0.322 e. The Morgan fingerprint density at radius 1 is 1.10 bits per heavy atom. The van der Waals surface area contributed by atoms with Gasteiger partial charge in [0.25, 0.3) is 5.91 Å². The second-order valence-corrected chi connectivity index (χ2v) is 6.84. The van der Waals surface area contributed by atoms with Crippen LogP contribution in [0.2, 0.25) is 0 Å². The molecule has 1 heterocycles. The van der Waals surface area contributed by atoms with E-state index in [1.54, 1.807) is 36.4 Å². The minimum atomic E-state index is -3.31. The Morgan fingerprint density at radius 2 is 1.71 bits per heavy atom. The first-order chi connectivity index (χ1) is 9.83. The monoisotopic (exact) mass is 369 g/mol. The van der Waals surface area contributed by atoms with Crippen LogP contribution in [0, 0.1) is 0 Å². The van der Waals surface area contributed by atoms with Crippen LogP contribution in [0.5, 0.6) is 0 Å². The summed E-state index contributed by atoms with van der Waals surface area (Å²) in [4.78, 5) is 15.9. The number of aromatic nitrogens is 1. The Kier molecular flexibility index (Phi) is 4.59. The Morgan fingerprint density at radius 3 is 2.24 bits per heavy atom. The summed E-state index contributed by atoms with van der Waals surface area (Å²) in [7, 11) is -3.31. The quantitative estimate of drug-likeness (QED) is 0.810. The lowest BCUT2D eigenvalue weighted by Gasteiger charge is -2.07. The number of nitrogens with one attached hydrogen (secondary N) is 2. The van der Waals surface area contributed by atoms with Crippen LogP contribution in [0.3, 0.4) is 0 Å². The molecule has 8 heteroatoms. The maximum absolute atomic E-state index is 12.0. The lowest BCUT2D eigenvalue weighted by molar-refractivity contribution is 0.102. The number of halogens is 1. The van der Waals surface area contributed by atoms with E-state index in [-0.39, 0.29) is 5.91 Å². The van der Waals surface area contributed by atoms with Crippen molar-refractivity contribution in [3.8, 4) is 0 Å². The fourth-order valence-electron chi connectivity index (χ4n) is 1.55. The van der Waals surface area contributed by atoms with Gasteiger partial charge >= 0.3 is 0 Å². The zero-order valence-electron chi connectivity index (χ0n) is 11.0. The predicted octanol–water partition coefficient (Wildman–Crippen LogP) is 2.47. The van der Waals surface area contributed by atoms with Gasteiger partial charge < -0.3 is 5.32 Å². The third kappa shape index (κ3) is 4.83. The van der Waals surface area contributed by atoms with Crippen LogP contribution in [-0.4, -0.2) is 25.6 Å². The van der Waals surface area contributed by atoms with E-state index >= 15 is 0 Å². The normalized spacial score (nSPS) is 11.0. The van der Waals surface area contributed by atoms with Crippen molar-refractivity contribution >= 4 is 43.2 Å². The van der Waals surface area contributed by atoms with E-state index in [4.69, 9.17) is 0 Å². The van der Waals surface area contributed by atoms with Crippen LogP contribution >= 0.6 is 15.9 Å². The fourth-order valence-corrected chi connectivity index (χ4v) is 2.35. The molecule has 2 rings (SSSR count). The highest BCUT2D eigenvalue weighted by atomic mass is 79.9. The number of hydrogen-bond acceptors (Lipinski definition) is 4. The van der Waals surface area contributed by atoms with Gasteiger partial charge in [-0.05, 0) is 52.3 Å². The van der Waals surface area contributed by atoms with Gasteiger partial charge in [0.2, 0.25) is 10.0 Å². The summed E-state index contributed by atoms with van der Waals surface area (Å²) in [5.41, 5.74) is 1.42. The van der Waals surface area contributed by atoms with E-state index in [2.05, 4.69) is 31.0 Å². The SMILES string of the molecule is CS(=O)(=O)Nc1ccc(NC(=O)c2ccc(Br)nc2)cc1. The number of anilines is 2. The van der Waals surface area contributed by atoms with Gasteiger partial charge in [0.15, 0.2) is 0 Å². The van der Waals surface area contributed by atoms with Gasteiger partial charge in [0.05, 0.1) is 11.8 Å².